The Morgan fingerprint density at radius 1 is 0.704 bits per heavy atom. The first-order valence-electron chi connectivity index (χ1n) is 9.41. The van der Waals surface area contributed by atoms with Crippen LogP contribution in [-0.2, 0) is 15.1 Å². The molecule has 27 heavy (non-hydrogen) atoms. The lowest BCUT2D eigenvalue weighted by Gasteiger charge is -2.35. The van der Waals surface area contributed by atoms with Gasteiger partial charge in [0.25, 0.3) is 0 Å². The smallest absolute Gasteiger partial charge is 0.143 e. The first-order chi connectivity index (χ1) is 13.3. The number of ether oxygens (including phenoxy) is 2. The van der Waals surface area contributed by atoms with Crippen LogP contribution in [0.25, 0.3) is 0 Å². The van der Waals surface area contributed by atoms with Gasteiger partial charge in [0.2, 0.25) is 0 Å². The Kier molecular flexibility index (Phi) is 5.35. The third kappa shape index (κ3) is 3.67. The van der Waals surface area contributed by atoms with Crippen molar-refractivity contribution >= 4 is 0 Å². The van der Waals surface area contributed by atoms with Crippen molar-refractivity contribution in [2.45, 2.75) is 24.2 Å². The molecule has 3 heteroatoms. The van der Waals surface area contributed by atoms with E-state index < -0.39 is 5.60 Å². The highest BCUT2D eigenvalue weighted by atomic mass is 16.6. The van der Waals surface area contributed by atoms with E-state index in [1.54, 1.807) is 0 Å². The molecule has 1 fully saturated rings. The molecule has 0 bridgehead atoms. The Morgan fingerprint density at radius 3 is 1.56 bits per heavy atom. The molecule has 0 unspecified atom stereocenters. The van der Waals surface area contributed by atoms with Crippen molar-refractivity contribution in [3.8, 4) is 0 Å². The molecule has 1 aliphatic heterocycles. The van der Waals surface area contributed by atoms with Crippen LogP contribution < -0.4 is 0 Å². The van der Waals surface area contributed by atoms with Crippen LogP contribution in [0.4, 0.5) is 0 Å². The number of hydrogen-bond donors (Lipinski definition) is 1. The zero-order valence-electron chi connectivity index (χ0n) is 15.2. The van der Waals surface area contributed by atoms with Crippen molar-refractivity contribution in [1.29, 1.82) is 0 Å². The first kappa shape index (κ1) is 17.9. The molecule has 0 amide bonds. The zero-order chi connectivity index (χ0) is 18.5. The Morgan fingerprint density at radius 2 is 1.15 bits per heavy atom. The van der Waals surface area contributed by atoms with Gasteiger partial charge in [0.15, 0.2) is 0 Å². The number of benzene rings is 3. The fourth-order valence-corrected chi connectivity index (χ4v) is 3.68. The van der Waals surface area contributed by atoms with E-state index in [-0.39, 0.29) is 18.8 Å². The van der Waals surface area contributed by atoms with E-state index in [4.69, 9.17) is 14.6 Å². The lowest BCUT2D eigenvalue weighted by molar-refractivity contribution is 0.00427. The minimum absolute atomic E-state index is 0.0349. The van der Waals surface area contributed by atoms with Gasteiger partial charge in [-0.3, -0.25) is 0 Å². The Bertz CT molecular complexity index is 737. The van der Waals surface area contributed by atoms with E-state index in [1.807, 2.05) is 54.6 Å². The van der Waals surface area contributed by atoms with Crippen molar-refractivity contribution in [2.75, 3.05) is 13.2 Å². The second-order valence-corrected chi connectivity index (χ2v) is 6.82. The molecule has 0 saturated carbocycles. The molecule has 138 valence electrons. The van der Waals surface area contributed by atoms with Gasteiger partial charge in [-0.15, -0.1) is 0 Å². The van der Waals surface area contributed by atoms with Gasteiger partial charge in [-0.2, -0.15) is 0 Å². The summed E-state index contributed by atoms with van der Waals surface area (Å²) in [6.45, 7) is 0.617. The predicted octanol–water partition coefficient (Wildman–Crippen LogP) is 4.14. The Hall–Kier alpha value is -2.46. The Balaban J connectivity index is 1.77. The molecule has 1 aliphatic rings. The maximum absolute atomic E-state index is 9.14. The molecule has 3 aromatic carbocycles. The van der Waals surface area contributed by atoms with E-state index in [9.17, 15) is 0 Å². The zero-order valence-corrected chi connectivity index (χ0v) is 15.2. The van der Waals surface area contributed by atoms with Crippen molar-refractivity contribution < 1.29 is 14.6 Å². The van der Waals surface area contributed by atoms with Gasteiger partial charge in [0.05, 0.1) is 12.7 Å². The molecule has 3 nitrogen and oxygen atoms in total. The van der Waals surface area contributed by atoms with Gasteiger partial charge < -0.3 is 14.6 Å². The van der Waals surface area contributed by atoms with Crippen LogP contribution in [0.5, 0.6) is 0 Å². The lowest BCUT2D eigenvalue weighted by atomic mass is 9.80. The lowest BCUT2D eigenvalue weighted by Crippen LogP contribution is -2.34. The van der Waals surface area contributed by atoms with Crippen molar-refractivity contribution in [1.82, 2.24) is 0 Å². The van der Waals surface area contributed by atoms with Crippen molar-refractivity contribution in [3.63, 3.8) is 0 Å². The fraction of sp³-hybridized carbons (Fsp3) is 0.250. The highest BCUT2D eigenvalue weighted by molar-refractivity contribution is 5.47. The highest BCUT2D eigenvalue weighted by Gasteiger charge is 2.43. The molecule has 3 aromatic rings. The van der Waals surface area contributed by atoms with Crippen LogP contribution in [0.3, 0.4) is 0 Å². The normalized spacial score (nSPS) is 19.0. The van der Waals surface area contributed by atoms with E-state index in [2.05, 4.69) is 36.4 Å². The van der Waals surface area contributed by atoms with Crippen LogP contribution in [-0.4, -0.2) is 30.5 Å². The van der Waals surface area contributed by atoms with Crippen LogP contribution in [0, 0.1) is 0 Å². The molecule has 1 N–H and O–H groups in total. The maximum Gasteiger partial charge on any atom is 0.143 e. The summed E-state index contributed by atoms with van der Waals surface area (Å²) in [4.78, 5) is 0. The number of aliphatic hydroxyl groups excluding tert-OH is 1. The second-order valence-electron chi connectivity index (χ2n) is 6.82. The second kappa shape index (κ2) is 8.05. The van der Waals surface area contributed by atoms with Crippen molar-refractivity contribution in [2.24, 2.45) is 0 Å². The molecule has 0 spiro atoms. The third-order valence-corrected chi connectivity index (χ3v) is 5.11. The van der Waals surface area contributed by atoms with E-state index in [1.165, 1.54) is 0 Å². The summed E-state index contributed by atoms with van der Waals surface area (Å²) < 4.78 is 12.4. The summed E-state index contributed by atoms with van der Waals surface area (Å²) in [7, 11) is 0. The average molecular weight is 360 g/mol. The van der Waals surface area contributed by atoms with Crippen LogP contribution in [0.15, 0.2) is 91.0 Å². The topological polar surface area (TPSA) is 42.0 Å². The predicted molar refractivity (Wildman–Crippen MR) is 106 cm³/mol. The minimum Gasteiger partial charge on any atom is -0.396 e. The Labute approximate surface area is 160 Å². The fourth-order valence-electron chi connectivity index (χ4n) is 3.68. The van der Waals surface area contributed by atoms with Crippen molar-refractivity contribution in [3.05, 3.63) is 108 Å². The largest absolute Gasteiger partial charge is 0.396 e. The van der Waals surface area contributed by atoms with Gasteiger partial charge in [0.1, 0.15) is 11.7 Å². The summed E-state index contributed by atoms with van der Waals surface area (Å²) in [6.07, 6.45) is 0.783. The van der Waals surface area contributed by atoms with Gasteiger partial charge in [-0.05, 0) is 23.1 Å². The maximum atomic E-state index is 9.14. The molecule has 1 heterocycles. The number of epoxide rings is 1. The van der Waals surface area contributed by atoms with Crippen LogP contribution >= 0.6 is 0 Å². The quantitative estimate of drug-likeness (QED) is 0.485. The van der Waals surface area contributed by atoms with E-state index >= 15 is 0 Å². The molecule has 4 rings (SSSR count). The summed E-state index contributed by atoms with van der Waals surface area (Å²) in [6, 6.07) is 31.0. The molecular formula is C24H24O3. The molecular weight excluding hydrogens is 336 g/mol. The molecule has 1 saturated heterocycles. The van der Waals surface area contributed by atoms with Crippen LogP contribution in [0.1, 0.15) is 23.1 Å². The monoisotopic (exact) mass is 360 g/mol. The summed E-state index contributed by atoms with van der Waals surface area (Å²) in [5.74, 6) is 0. The molecule has 2 atom stereocenters. The summed E-state index contributed by atoms with van der Waals surface area (Å²) >= 11 is 0. The van der Waals surface area contributed by atoms with E-state index in [0.717, 1.165) is 16.7 Å². The standard InChI is InChI=1S/C24H24O3/c25-17-16-22-23(27-22)18-26-24(19-10-4-1-5-11-19,20-12-6-2-7-13-20)21-14-8-3-9-15-21/h1-15,22-23,25H,16-18H2/t22-,23-/m0/s1. The summed E-state index contributed by atoms with van der Waals surface area (Å²) in [5.41, 5.74) is 2.55. The number of rotatable bonds is 8. The SMILES string of the molecule is OCC[C@@H]1O[C@H]1COC(c1ccccc1)(c1ccccc1)c1ccccc1. The van der Waals surface area contributed by atoms with Gasteiger partial charge in [0, 0.05) is 6.61 Å². The van der Waals surface area contributed by atoms with Gasteiger partial charge in [-0.1, -0.05) is 91.0 Å². The number of aliphatic hydroxyl groups is 1. The minimum atomic E-state index is -0.709. The first-order valence-corrected chi connectivity index (χ1v) is 9.41. The third-order valence-electron chi connectivity index (χ3n) is 5.11. The highest BCUT2D eigenvalue weighted by Crippen LogP contribution is 2.41. The molecule has 0 aromatic heterocycles. The average Bonchev–Trinajstić information content (AvgIpc) is 3.49. The molecule has 0 radical (unpaired) electrons. The summed E-state index contributed by atoms with van der Waals surface area (Å²) in [5, 5.41) is 9.14. The van der Waals surface area contributed by atoms with E-state index in [0.29, 0.717) is 13.0 Å². The molecule has 0 aliphatic carbocycles. The number of hydrogen-bond acceptors (Lipinski definition) is 3. The van der Waals surface area contributed by atoms with Crippen LogP contribution in [0.2, 0.25) is 0 Å². The van der Waals surface area contributed by atoms with Gasteiger partial charge in [-0.25, -0.2) is 0 Å². The van der Waals surface area contributed by atoms with Gasteiger partial charge >= 0.3 is 0 Å².